The molecular weight excluding hydrogens is 216 g/mol. The molecule has 1 aromatic carbocycles. The van der Waals surface area contributed by atoms with Crippen molar-refractivity contribution in [3.63, 3.8) is 0 Å². The van der Waals surface area contributed by atoms with Crippen LogP contribution in [0.2, 0.25) is 0 Å². The van der Waals surface area contributed by atoms with Crippen molar-refractivity contribution in [1.82, 2.24) is 5.32 Å². The van der Waals surface area contributed by atoms with E-state index in [2.05, 4.69) is 10.6 Å². The van der Waals surface area contributed by atoms with E-state index in [1.54, 1.807) is 24.3 Å². The normalized spacial score (nSPS) is 16.7. The minimum atomic E-state index is -0.0154. The summed E-state index contributed by atoms with van der Waals surface area (Å²) in [4.78, 5) is 11.8. The van der Waals surface area contributed by atoms with E-state index < -0.39 is 0 Å². The van der Waals surface area contributed by atoms with E-state index in [-0.39, 0.29) is 11.7 Å². The molecule has 0 aliphatic carbocycles. The molecule has 0 atom stereocenters. The molecule has 1 aromatic rings. The Balaban J connectivity index is 1.86. The Hall–Kier alpha value is -1.55. The van der Waals surface area contributed by atoms with Crippen molar-refractivity contribution in [1.29, 1.82) is 0 Å². The summed E-state index contributed by atoms with van der Waals surface area (Å²) in [5.41, 5.74) is 0.492. The highest BCUT2D eigenvalue weighted by molar-refractivity contribution is 5.92. The topological polar surface area (TPSA) is 61.4 Å². The number of phenols is 1. The van der Waals surface area contributed by atoms with Gasteiger partial charge in [-0.25, -0.2) is 0 Å². The molecular formula is C13H18N2O2. The van der Waals surface area contributed by atoms with Crippen LogP contribution < -0.4 is 10.6 Å². The number of hydrogen-bond donors (Lipinski definition) is 3. The molecule has 3 N–H and O–H groups in total. The fourth-order valence-electron chi connectivity index (χ4n) is 2.13. The second kappa shape index (κ2) is 5.68. The zero-order valence-electron chi connectivity index (χ0n) is 9.78. The maximum absolute atomic E-state index is 11.8. The van der Waals surface area contributed by atoms with Gasteiger partial charge >= 0.3 is 0 Å². The van der Waals surface area contributed by atoms with Crippen molar-refractivity contribution in [3.05, 3.63) is 24.3 Å². The third-order valence-corrected chi connectivity index (χ3v) is 3.11. The van der Waals surface area contributed by atoms with Gasteiger partial charge in [0.25, 0.3) is 0 Å². The zero-order chi connectivity index (χ0) is 12.1. The summed E-state index contributed by atoms with van der Waals surface area (Å²) in [5, 5.41) is 15.6. The highest BCUT2D eigenvalue weighted by Gasteiger charge is 2.17. The van der Waals surface area contributed by atoms with E-state index in [9.17, 15) is 9.90 Å². The minimum Gasteiger partial charge on any atom is -0.506 e. The monoisotopic (exact) mass is 234 g/mol. The molecule has 1 saturated heterocycles. The number of anilines is 1. The Morgan fingerprint density at radius 1 is 1.35 bits per heavy atom. The molecule has 0 saturated carbocycles. The van der Waals surface area contributed by atoms with Gasteiger partial charge in [-0.1, -0.05) is 12.1 Å². The smallest absolute Gasteiger partial charge is 0.224 e. The van der Waals surface area contributed by atoms with Gasteiger partial charge < -0.3 is 15.7 Å². The summed E-state index contributed by atoms with van der Waals surface area (Å²) < 4.78 is 0. The van der Waals surface area contributed by atoms with Crippen molar-refractivity contribution >= 4 is 11.6 Å². The van der Waals surface area contributed by atoms with E-state index in [4.69, 9.17) is 0 Å². The van der Waals surface area contributed by atoms with Gasteiger partial charge in [-0.3, -0.25) is 4.79 Å². The second-order valence-electron chi connectivity index (χ2n) is 4.46. The summed E-state index contributed by atoms with van der Waals surface area (Å²) in [5.74, 6) is 0.562. The highest BCUT2D eigenvalue weighted by atomic mass is 16.3. The molecule has 4 heteroatoms. The average Bonchev–Trinajstić information content (AvgIpc) is 2.33. The summed E-state index contributed by atoms with van der Waals surface area (Å²) >= 11 is 0. The van der Waals surface area contributed by atoms with E-state index in [0.717, 1.165) is 25.9 Å². The van der Waals surface area contributed by atoms with Crippen LogP contribution in [0.3, 0.4) is 0 Å². The number of amides is 1. The van der Waals surface area contributed by atoms with Crippen LogP contribution in [0.4, 0.5) is 5.69 Å². The van der Waals surface area contributed by atoms with Crippen molar-refractivity contribution in [2.45, 2.75) is 19.3 Å². The van der Waals surface area contributed by atoms with Crippen LogP contribution in [-0.2, 0) is 4.79 Å². The molecule has 0 unspecified atom stereocenters. The predicted octanol–water partition coefficient (Wildman–Crippen LogP) is 1.72. The quantitative estimate of drug-likeness (QED) is 0.698. The fraction of sp³-hybridized carbons (Fsp3) is 0.462. The van der Waals surface area contributed by atoms with Crippen molar-refractivity contribution in [3.8, 4) is 5.75 Å². The number of carbonyl (C=O) groups excluding carboxylic acids is 1. The first kappa shape index (κ1) is 11.9. The Bertz CT molecular complexity index is 387. The third-order valence-electron chi connectivity index (χ3n) is 3.11. The molecule has 1 fully saturated rings. The molecule has 92 valence electrons. The first-order chi connectivity index (χ1) is 8.25. The maximum Gasteiger partial charge on any atom is 0.224 e. The van der Waals surface area contributed by atoms with Crippen molar-refractivity contribution in [2.24, 2.45) is 5.92 Å². The largest absolute Gasteiger partial charge is 0.506 e. The molecule has 1 aliphatic rings. The van der Waals surface area contributed by atoms with Gasteiger partial charge in [-0.05, 0) is 44.0 Å². The Morgan fingerprint density at radius 2 is 2.06 bits per heavy atom. The molecule has 0 bridgehead atoms. The third kappa shape index (κ3) is 3.46. The molecule has 4 nitrogen and oxygen atoms in total. The Kier molecular flexibility index (Phi) is 3.98. The first-order valence-corrected chi connectivity index (χ1v) is 6.04. The van der Waals surface area contributed by atoms with Gasteiger partial charge in [-0.15, -0.1) is 0 Å². The summed E-state index contributed by atoms with van der Waals surface area (Å²) in [6, 6.07) is 6.80. The van der Waals surface area contributed by atoms with Gasteiger partial charge in [0, 0.05) is 6.42 Å². The molecule has 0 spiro atoms. The number of aromatic hydroxyl groups is 1. The van der Waals surface area contributed by atoms with Crippen LogP contribution in [0.1, 0.15) is 19.3 Å². The number of nitrogens with one attached hydrogen (secondary N) is 2. The van der Waals surface area contributed by atoms with Crippen LogP contribution in [-0.4, -0.2) is 24.1 Å². The minimum absolute atomic E-state index is 0.0154. The fourth-order valence-corrected chi connectivity index (χ4v) is 2.13. The first-order valence-electron chi connectivity index (χ1n) is 6.04. The highest BCUT2D eigenvalue weighted by Crippen LogP contribution is 2.23. The lowest BCUT2D eigenvalue weighted by Gasteiger charge is -2.21. The number of phenolic OH excluding ortho intramolecular Hbond substituents is 1. The number of benzene rings is 1. The summed E-state index contributed by atoms with van der Waals surface area (Å²) in [6.07, 6.45) is 2.64. The predicted molar refractivity (Wildman–Crippen MR) is 66.9 cm³/mol. The van der Waals surface area contributed by atoms with Crippen molar-refractivity contribution in [2.75, 3.05) is 18.4 Å². The van der Waals surface area contributed by atoms with Gasteiger partial charge in [-0.2, -0.15) is 0 Å². The Morgan fingerprint density at radius 3 is 2.76 bits per heavy atom. The molecule has 1 amide bonds. The van der Waals surface area contributed by atoms with Gasteiger partial charge in [0.2, 0.25) is 5.91 Å². The van der Waals surface area contributed by atoms with E-state index in [1.165, 1.54) is 0 Å². The van der Waals surface area contributed by atoms with E-state index in [0.29, 0.717) is 18.0 Å². The summed E-state index contributed by atoms with van der Waals surface area (Å²) in [7, 11) is 0. The van der Waals surface area contributed by atoms with E-state index >= 15 is 0 Å². The lowest BCUT2D eigenvalue weighted by Crippen LogP contribution is -2.30. The van der Waals surface area contributed by atoms with Crippen LogP contribution >= 0.6 is 0 Å². The van der Waals surface area contributed by atoms with Crippen LogP contribution in [0.15, 0.2) is 24.3 Å². The van der Waals surface area contributed by atoms with Crippen LogP contribution in [0, 0.1) is 5.92 Å². The second-order valence-corrected chi connectivity index (χ2v) is 4.46. The number of carbonyl (C=O) groups is 1. The molecule has 1 aliphatic heterocycles. The molecule has 17 heavy (non-hydrogen) atoms. The number of para-hydroxylation sites is 2. The van der Waals surface area contributed by atoms with E-state index in [1.807, 2.05) is 0 Å². The zero-order valence-corrected chi connectivity index (χ0v) is 9.78. The number of piperidine rings is 1. The van der Waals surface area contributed by atoms with Crippen molar-refractivity contribution < 1.29 is 9.90 Å². The number of rotatable bonds is 3. The lowest BCUT2D eigenvalue weighted by molar-refractivity contribution is -0.117. The van der Waals surface area contributed by atoms with Gasteiger partial charge in [0.1, 0.15) is 5.75 Å². The lowest BCUT2D eigenvalue weighted by atomic mass is 9.94. The standard InChI is InChI=1S/C13H18N2O2/c16-12-4-2-1-3-11(12)15-13(17)9-10-5-7-14-8-6-10/h1-4,10,14,16H,5-9H2,(H,15,17). The van der Waals surface area contributed by atoms with Gasteiger partial charge in [0.15, 0.2) is 0 Å². The summed E-state index contributed by atoms with van der Waals surface area (Å²) in [6.45, 7) is 1.99. The van der Waals surface area contributed by atoms with Crippen LogP contribution in [0.5, 0.6) is 5.75 Å². The van der Waals surface area contributed by atoms with Crippen LogP contribution in [0.25, 0.3) is 0 Å². The molecule has 0 radical (unpaired) electrons. The SMILES string of the molecule is O=C(CC1CCNCC1)Nc1ccccc1O. The molecule has 1 heterocycles. The Labute approximate surface area is 101 Å². The number of hydrogen-bond acceptors (Lipinski definition) is 3. The van der Waals surface area contributed by atoms with Gasteiger partial charge in [0.05, 0.1) is 5.69 Å². The average molecular weight is 234 g/mol. The molecule has 2 rings (SSSR count). The molecule has 0 aromatic heterocycles. The maximum atomic E-state index is 11.8.